The molecule has 0 bridgehead atoms. The summed E-state index contributed by atoms with van der Waals surface area (Å²) in [6.45, 7) is 4.15. The molecule has 0 amide bonds. The number of aliphatic hydroxyl groups is 1. The molecule has 1 saturated heterocycles. The highest BCUT2D eigenvalue weighted by Gasteiger charge is 2.32. The van der Waals surface area contributed by atoms with Gasteiger partial charge in [-0.1, -0.05) is 6.08 Å². The van der Waals surface area contributed by atoms with E-state index in [1.54, 1.807) is 0 Å². The lowest BCUT2D eigenvalue weighted by Gasteiger charge is -2.36. The van der Waals surface area contributed by atoms with Gasteiger partial charge in [-0.15, -0.1) is 30.1 Å². The van der Waals surface area contributed by atoms with Crippen LogP contribution in [0.3, 0.4) is 0 Å². The molecule has 0 aromatic heterocycles. The van der Waals surface area contributed by atoms with Crippen molar-refractivity contribution in [1.29, 1.82) is 0 Å². The summed E-state index contributed by atoms with van der Waals surface area (Å²) in [6.07, 6.45) is 9.12. The minimum absolute atomic E-state index is 0.340. The van der Waals surface area contributed by atoms with E-state index in [2.05, 4.69) is 30.1 Å². The molecule has 1 N–H and O–H groups in total. The number of thioether (sulfide) groups is 2. The zero-order valence-electron chi connectivity index (χ0n) is 9.41. The van der Waals surface area contributed by atoms with E-state index < -0.39 is 0 Å². The molecule has 1 aliphatic heterocycles. The van der Waals surface area contributed by atoms with E-state index in [0.29, 0.717) is 10.7 Å². The van der Waals surface area contributed by atoms with Gasteiger partial charge in [-0.3, -0.25) is 0 Å². The maximum absolute atomic E-state index is 8.83. The van der Waals surface area contributed by atoms with Crippen molar-refractivity contribution in [2.75, 3.05) is 18.1 Å². The molecular formula is C12H22OS2. The summed E-state index contributed by atoms with van der Waals surface area (Å²) in [5.74, 6) is 2.62. The molecule has 0 aliphatic carbocycles. The van der Waals surface area contributed by atoms with Gasteiger partial charge in [0.1, 0.15) is 0 Å². The van der Waals surface area contributed by atoms with Crippen LogP contribution in [-0.4, -0.2) is 27.3 Å². The Morgan fingerprint density at radius 1 is 1.20 bits per heavy atom. The lowest BCUT2D eigenvalue weighted by molar-refractivity contribution is 0.282. The normalized spacial score (nSPS) is 20.1. The molecule has 1 rings (SSSR count). The van der Waals surface area contributed by atoms with Gasteiger partial charge in [0.15, 0.2) is 0 Å². The Labute approximate surface area is 102 Å². The van der Waals surface area contributed by atoms with Gasteiger partial charge in [-0.05, 0) is 50.0 Å². The standard InChI is InChI=1S/C12H22OS2/c1-2-3-7-12(8-4-5-9-13)14-10-6-11-15-12/h2,13H,1,3-11H2. The van der Waals surface area contributed by atoms with Crippen LogP contribution in [0.1, 0.15) is 38.5 Å². The van der Waals surface area contributed by atoms with Gasteiger partial charge in [0, 0.05) is 6.61 Å². The molecule has 0 unspecified atom stereocenters. The van der Waals surface area contributed by atoms with E-state index >= 15 is 0 Å². The van der Waals surface area contributed by atoms with E-state index in [1.165, 1.54) is 30.8 Å². The molecule has 0 saturated carbocycles. The van der Waals surface area contributed by atoms with Crippen molar-refractivity contribution in [2.45, 2.75) is 42.6 Å². The maximum atomic E-state index is 8.83. The SMILES string of the molecule is C=CCCC1(CCCCO)SCCCS1. The molecule has 0 spiro atoms. The van der Waals surface area contributed by atoms with Crippen molar-refractivity contribution in [3.8, 4) is 0 Å². The second kappa shape index (κ2) is 7.64. The summed E-state index contributed by atoms with van der Waals surface area (Å²) < 4.78 is 0.432. The van der Waals surface area contributed by atoms with Crippen LogP contribution in [0, 0.1) is 0 Å². The largest absolute Gasteiger partial charge is 0.396 e. The highest BCUT2D eigenvalue weighted by molar-refractivity contribution is 8.18. The molecule has 15 heavy (non-hydrogen) atoms. The highest BCUT2D eigenvalue weighted by atomic mass is 32.2. The Morgan fingerprint density at radius 3 is 2.53 bits per heavy atom. The predicted molar refractivity (Wildman–Crippen MR) is 72.6 cm³/mol. The minimum atomic E-state index is 0.340. The van der Waals surface area contributed by atoms with E-state index in [0.717, 1.165) is 19.3 Å². The molecule has 1 nitrogen and oxygen atoms in total. The zero-order valence-corrected chi connectivity index (χ0v) is 11.0. The van der Waals surface area contributed by atoms with E-state index in [1.807, 2.05) is 6.08 Å². The summed E-state index contributed by atoms with van der Waals surface area (Å²) in [4.78, 5) is 0. The van der Waals surface area contributed by atoms with Crippen molar-refractivity contribution in [3.05, 3.63) is 12.7 Å². The third-order valence-electron chi connectivity index (χ3n) is 2.71. The summed E-state index contributed by atoms with van der Waals surface area (Å²) in [6, 6.07) is 0. The van der Waals surface area contributed by atoms with Crippen LogP contribution in [0.25, 0.3) is 0 Å². The van der Waals surface area contributed by atoms with Gasteiger partial charge in [0.25, 0.3) is 0 Å². The van der Waals surface area contributed by atoms with E-state index in [4.69, 9.17) is 5.11 Å². The lowest BCUT2D eigenvalue weighted by Crippen LogP contribution is -2.25. The molecule has 0 aromatic carbocycles. The summed E-state index contributed by atoms with van der Waals surface area (Å²) in [5.41, 5.74) is 0. The fraction of sp³-hybridized carbons (Fsp3) is 0.833. The zero-order chi connectivity index (χ0) is 11.0. The quantitative estimate of drug-likeness (QED) is 0.546. The average Bonchev–Trinajstić information content (AvgIpc) is 2.28. The van der Waals surface area contributed by atoms with Gasteiger partial charge in [0.2, 0.25) is 0 Å². The first kappa shape index (κ1) is 13.5. The highest BCUT2D eigenvalue weighted by Crippen LogP contribution is 2.48. The molecule has 0 aromatic rings. The number of hydrogen-bond donors (Lipinski definition) is 1. The lowest BCUT2D eigenvalue weighted by atomic mass is 10.1. The van der Waals surface area contributed by atoms with Crippen LogP contribution in [0.15, 0.2) is 12.7 Å². The average molecular weight is 246 g/mol. The Bertz CT molecular complexity index is 176. The van der Waals surface area contributed by atoms with Crippen LogP contribution in [0.2, 0.25) is 0 Å². The number of hydrogen-bond acceptors (Lipinski definition) is 3. The van der Waals surface area contributed by atoms with Crippen LogP contribution in [0.5, 0.6) is 0 Å². The van der Waals surface area contributed by atoms with Crippen LogP contribution >= 0.6 is 23.5 Å². The second-order valence-electron chi connectivity index (χ2n) is 3.97. The van der Waals surface area contributed by atoms with Gasteiger partial charge in [0.05, 0.1) is 4.08 Å². The molecule has 88 valence electrons. The number of aliphatic hydroxyl groups excluding tert-OH is 1. The third-order valence-corrected chi connectivity index (χ3v) is 6.28. The topological polar surface area (TPSA) is 20.2 Å². The number of rotatable bonds is 7. The first-order valence-electron chi connectivity index (χ1n) is 5.83. The van der Waals surface area contributed by atoms with Gasteiger partial charge < -0.3 is 5.11 Å². The number of unbranched alkanes of at least 4 members (excludes halogenated alkanes) is 1. The maximum Gasteiger partial charge on any atom is 0.0614 e. The van der Waals surface area contributed by atoms with Crippen molar-refractivity contribution < 1.29 is 5.11 Å². The third kappa shape index (κ3) is 4.83. The van der Waals surface area contributed by atoms with Crippen LogP contribution in [-0.2, 0) is 0 Å². The Balaban J connectivity index is 2.38. The molecule has 0 atom stereocenters. The molecule has 1 aliphatic rings. The van der Waals surface area contributed by atoms with Crippen molar-refractivity contribution in [1.82, 2.24) is 0 Å². The minimum Gasteiger partial charge on any atom is -0.396 e. The molecule has 0 radical (unpaired) electrons. The van der Waals surface area contributed by atoms with E-state index in [9.17, 15) is 0 Å². The Hall–Kier alpha value is 0.400. The fourth-order valence-electron chi connectivity index (χ4n) is 1.86. The molecule has 1 heterocycles. The summed E-state index contributed by atoms with van der Waals surface area (Å²) >= 11 is 4.27. The van der Waals surface area contributed by atoms with Gasteiger partial charge in [-0.2, -0.15) is 0 Å². The molecule has 3 heteroatoms. The van der Waals surface area contributed by atoms with E-state index in [-0.39, 0.29) is 0 Å². The second-order valence-corrected chi connectivity index (χ2v) is 7.18. The van der Waals surface area contributed by atoms with Gasteiger partial charge in [-0.25, -0.2) is 0 Å². The fourth-order valence-corrected chi connectivity index (χ4v) is 5.30. The monoisotopic (exact) mass is 246 g/mol. The van der Waals surface area contributed by atoms with Crippen molar-refractivity contribution >= 4 is 23.5 Å². The van der Waals surface area contributed by atoms with Gasteiger partial charge >= 0.3 is 0 Å². The Morgan fingerprint density at radius 2 is 1.93 bits per heavy atom. The smallest absolute Gasteiger partial charge is 0.0614 e. The summed E-state index contributed by atoms with van der Waals surface area (Å²) in [7, 11) is 0. The Kier molecular flexibility index (Phi) is 6.86. The molecular weight excluding hydrogens is 224 g/mol. The van der Waals surface area contributed by atoms with Crippen molar-refractivity contribution in [3.63, 3.8) is 0 Å². The van der Waals surface area contributed by atoms with Crippen LogP contribution in [0.4, 0.5) is 0 Å². The first-order chi connectivity index (χ1) is 7.33. The van der Waals surface area contributed by atoms with Crippen LogP contribution < -0.4 is 0 Å². The predicted octanol–water partition coefficient (Wildman–Crippen LogP) is 3.68. The van der Waals surface area contributed by atoms with Crippen molar-refractivity contribution in [2.24, 2.45) is 0 Å². The summed E-state index contributed by atoms with van der Waals surface area (Å²) in [5, 5.41) is 8.83. The first-order valence-corrected chi connectivity index (χ1v) is 7.80. The molecule has 1 fully saturated rings. The number of allylic oxidation sites excluding steroid dienone is 1.